The summed E-state index contributed by atoms with van der Waals surface area (Å²) in [4.78, 5) is 14.7. The van der Waals surface area contributed by atoms with Crippen LogP contribution in [0.15, 0.2) is 11.4 Å². The molecule has 0 saturated carbocycles. The monoisotopic (exact) mass is 317 g/mol. The second-order valence-corrected chi connectivity index (χ2v) is 8.25. The van der Waals surface area contributed by atoms with Crippen molar-refractivity contribution in [3.05, 3.63) is 16.3 Å². The van der Waals surface area contributed by atoms with Crippen LogP contribution in [0.3, 0.4) is 0 Å². The van der Waals surface area contributed by atoms with E-state index in [-0.39, 0.29) is 16.9 Å². The molecule has 0 atom stereocenters. The molecule has 112 valence electrons. The fraction of sp³-hybridized carbons (Fsp3) is 0.615. The van der Waals surface area contributed by atoms with E-state index in [4.69, 9.17) is 4.74 Å². The van der Waals surface area contributed by atoms with Crippen LogP contribution in [-0.4, -0.2) is 50.4 Å². The van der Waals surface area contributed by atoms with Crippen molar-refractivity contribution in [2.24, 2.45) is 0 Å². The second kappa shape index (κ2) is 6.13. The molecule has 1 saturated heterocycles. The number of amides is 1. The van der Waals surface area contributed by atoms with Crippen LogP contribution in [0.1, 0.15) is 29.4 Å². The summed E-state index contributed by atoms with van der Waals surface area (Å²) in [5, 5.41) is 1.52. The van der Waals surface area contributed by atoms with Gasteiger partial charge in [0.1, 0.15) is 10.6 Å². The zero-order valence-electron chi connectivity index (χ0n) is 11.7. The third kappa shape index (κ3) is 2.98. The van der Waals surface area contributed by atoms with Gasteiger partial charge in [-0.15, -0.1) is 11.3 Å². The van der Waals surface area contributed by atoms with Crippen molar-refractivity contribution < 1.29 is 17.9 Å². The maximum absolute atomic E-state index is 12.4. The normalized spacial score (nSPS) is 17.2. The van der Waals surface area contributed by atoms with Crippen molar-refractivity contribution >= 4 is 27.1 Å². The minimum atomic E-state index is -3.00. The van der Waals surface area contributed by atoms with E-state index in [1.165, 1.54) is 11.3 Å². The largest absolute Gasteiger partial charge is 0.495 e. The van der Waals surface area contributed by atoms with Gasteiger partial charge in [-0.2, -0.15) is 0 Å². The summed E-state index contributed by atoms with van der Waals surface area (Å²) in [6.45, 7) is 2.65. The van der Waals surface area contributed by atoms with Gasteiger partial charge in [-0.05, 0) is 24.3 Å². The van der Waals surface area contributed by atoms with Crippen LogP contribution in [0, 0.1) is 0 Å². The van der Waals surface area contributed by atoms with Gasteiger partial charge >= 0.3 is 0 Å². The SMILES string of the molecule is CCS(=O)(=O)C1CCN(C(=O)c2sccc2OC)CC1. The van der Waals surface area contributed by atoms with E-state index in [2.05, 4.69) is 0 Å². The molecule has 0 bridgehead atoms. The molecule has 20 heavy (non-hydrogen) atoms. The fourth-order valence-corrected chi connectivity index (χ4v) is 4.64. The number of carbonyl (C=O) groups excluding carboxylic acids is 1. The highest BCUT2D eigenvalue weighted by atomic mass is 32.2. The van der Waals surface area contributed by atoms with Crippen molar-refractivity contribution in [1.29, 1.82) is 0 Å². The van der Waals surface area contributed by atoms with Crippen molar-refractivity contribution in [3.8, 4) is 5.75 Å². The molecule has 1 aliphatic rings. The zero-order valence-corrected chi connectivity index (χ0v) is 13.3. The minimum absolute atomic E-state index is 0.0656. The lowest BCUT2D eigenvalue weighted by atomic mass is 10.1. The number of ether oxygens (including phenoxy) is 1. The number of hydrogen-bond acceptors (Lipinski definition) is 5. The van der Waals surface area contributed by atoms with Crippen LogP contribution in [0.2, 0.25) is 0 Å². The molecule has 0 aromatic carbocycles. The molecule has 1 amide bonds. The summed E-state index contributed by atoms with van der Waals surface area (Å²) >= 11 is 1.35. The second-order valence-electron chi connectivity index (χ2n) is 4.76. The number of thiophene rings is 1. The molecule has 5 nitrogen and oxygen atoms in total. The smallest absolute Gasteiger partial charge is 0.267 e. The molecule has 0 aliphatic carbocycles. The lowest BCUT2D eigenvalue weighted by molar-refractivity contribution is 0.0727. The summed E-state index contributed by atoms with van der Waals surface area (Å²) in [7, 11) is -1.46. The van der Waals surface area contributed by atoms with E-state index in [9.17, 15) is 13.2 Å². The summed E-state index contributed by atoms with van der Waals surface area (Å²) in [6.07, 6.45) is 1.05. The van der Waals surface area contributed by atoms with Crippen LogP contribution in [0.25, 0.3) is 0 Å². The van der Waals surface area contributed by atoms with Gasteiger partial charge in [-0.3, -0.25) is 4.79 Å². The first kappa shape index (κ1) is 15.3. The van der Waals surface area contributed by atoms with E-state index in [0.29, 0.717) is 36.6 Å². The van der Waals surface area contributed by atoms with Gasteiger partial charge in [0.05, 0.1) is 12.4 Å². The minimum Gasteiger partial charge on any atom is -0.495 e. The molecule has 2 rings (SSSR count). The Hall–Kier alpha value is -1.08. The Balaban J connectivity index is 2.03. The average Bonchev–Trinajstić information content (AvgIpc) is 2.95. The Morgan fingerprint density at radius 2 is 2.10 bits per heavy atom. The zero-order chi connectivity index (χ0) is 14.8. The standard InChI is InChI=1S/C13H19NO4S2/c1-3-20(16,17)10-4-7-14(8-5-10)13(15)12-11(18-2)6-9-19-12/h6,9-10H,3-5,7-8H2,1-2H3. The predicted octanol–water partition coefficient (Wildman–Crippen LogP) is 1.80. The van der Waals surface area contributed by atoms with Crippen molar-refractivity contribution in [1.82, 2.24) is 4.90 Å². The van der Waals surface area contributed by atoms with E-state index in [1.807, 2.05) is 5.38 Å². The number of methoxy groups -OCH3 is 1. The van der Waals surface area contributed by atoms with Crippen molar-refractivity contribution in [3.63, 3.8) is 0 Å². The highest BCUT2D eigenvalue weighted by Crippen LogP contribution is 2.28. The highest BCUT2D eigenvalue weighted by molar-refractivity contribution is 7.92. The molecule has 7 heteroatoms. The van der Waals surface area contributed by atoms with Crippen LogP contribution < -0.4 is 4.74 Å². The van der Waals surface area contributed by atoms with Crippen molar-refractivity contribution in [2.45, 2.75) is 25.0 Å². The summed E-state index contributed by atoms with van der Waals surface area (Å²) in [5.74, 6) is 0.692. The summed E-state index contributed by atoms with van der Waals surface area (Å²) in [6, 6.07) is 1.77. The van der Waals surface area contributed by atoms with Crippen LogP contribution in [0.4, 0.5) is 0 Å². The molecule has 1 aromatic rings. The lowest BCUT2D eigenvalue weighted by Gasteiger charge is -2.31. The topological polar surface area (TPSA) is 63.7 Å². The van der Waals surface area contributed by atoms with Gasteiger partial charge in [0.2, 0.25) is 0 Å². The molecule has 0 unspecified atom stereocenters. The van der Waals surface area contributed by atoms with E-state index < -0.39 is 9.84 Å². The molecule has 0 radical (unpaired) electrons. The quantitative estimate of drug-likeness (QED) is 0.849. The molecule has 2 heterocycles. The molecular formula is C13H19NO4S2. The number of hydrogen-bond donors (Lipinski definition) is 0. The van der Waals surface area contributed by atoms with Gasteiger partial charge in [-0.25, -0.2) is 8.42 Å². The Labute approximate surface area is 123 Å². The summed E-state index contributed by atoms with van der Waals surface area (Å²) in [5.41, 5.74) is 0. The lowest BCUT2D eigenvalue weighted by Crippen LogP contribution is -2.42. The summed E-state index contributed by atoms with van der Waals surface area (Å²) < 4.78 is 28.8. The Morgan fingerprint density at radius 1 is 1.45 bits per heavy atom. The van der Waals surface area contributed by atoms with Gasteiger partial charge in [-0.1, -0.05) is 6.92 Å². The molecule has 0 spiro atoms. The number of rotatable bonds is 4. The maximum atomic E-state index is 12.4. The Kier molecular flexibility index (Phi) is 4.70. The van der Waals surface area contributed by atoms with Crippen LogP contribution in [-0.2, 0) is 9.84 Å². The average molecular weight is 317 g/mol. The molecule has 1 aromatic heterocycles. The third-order valence-electron chi connectivity index (χ3n) is 3.68. The number of sulfone groups is 1. The van der Waals surface area contributed by atoms with E-state index in [1.54, 1.807) is 25.0 Å². The fourth-order valence-electron chi connectivity index (χ4n) is 2.41. The van der Waals surface area contributed by atoms with E-state index >= 15 is 0 Å². The van der Waals surface area contributed by atoms with Crippen LogP contribution >= 0.6 is 11.3 Å². The number of likely N-dealkylation sites (tertiary alicyclic amines) is 1. The predicted molar refractivity (Wildman–Crippen MR) is 79.3 cm³/mol. The van der Waals surface area contributed by atoms with Gasteiger partial charge in [0.15, 0.2) is 9.84 Å². The van der Waals surface area contributed by atoms with Gasteiger partial charge in [0, 0.05) is 18.8 Å². The van der Waals surface area contributed by atoms with Crippen molar-refractivity contribution in [2.75, 3.05) is 26.0 Å². The molecular weight excluding hydrogens is 298 g/mol. The maximum Gasteiger partial charge on any atom is 0.267 e. The first-order valence-corrected chi connectivity index (χ1v) is 9.21. The van der Waals surface area contributed by atoms with Gasteiger partial charge < -0.3 is 9.64 Å². The first-order chi connectivity index (χ1) is 9.49. The molecule has 0 N–H and O–H groups in total. The Morgan fingerprint density at radius 3 is 2.65 bits per heavy atom. The number of piperidine rings is 1. The first-order valence-electron chi connectivity index (χ1n) is 6.62. The van der Waals surface area contributed by atoms with Gasteiger partial charge in [0.25, 0.3) is 5.91 Å². The molecule has 1 aliphatic heterocycles. The third-order valence-corrected chi connectivity index (χ3v) is 6.86. The number of carbonyl (C=O) groups is 1. The van der Waals surface area contributed by atoms with E-state index in [0.717, 1.165) is 0 Å². The number of nitrogens with zero attached hydrogens (tertiary/aromatic N) is 1. The Bertz CT molecular complexity index is 571. The van der Waals surface area contributed by atoms with Crippen LogP contribution in [0.5, 0.6) is 5.75 Å². The highest BCUT2D eigenvalue weighted by Gasteiger charge is 2.31. The molecule has 1 fully saturated rings.